The van der Waals surface area contributed by atoms with E-state index in [0.29, 0.717) is 0 Å². The summed E-state index contributed by atoms with van der Waals surface area (Å²) in [6.07, 6.45) is 0.870. The van der Waals surface area contributed by atoms with E-state index in [-0.39, 0.29) is 18.1 Å². The smallest absolute Gasteiger partial charge is 0.323 e. The molecule has 3 rings (SSSR count). The average Bonchev–Trinajstić information content (AvgIpc) is 2.78. The molecule has 0 saturated carbocycles. The van der Waals surface area contributed by atoms with Crippen molar-refractivity contribution in [1.82, 2.24) is 4.90 Å². The van der Waals surface area contributed by atoms with Gasteiger partial charge in [0.15, 0.2) is 0 Å². The van der Waals surface area contributed by atoms with Gasteiger partial charge in [0.2, 0.25) is 0 Å². The van der Waals surface area contributed by atoms with E-state index in [0.717, 1.165) is 43.3 Å². The average molecular weight is 295 g/mol. The van der Waals surface area contributed by atoms with Gasteiger partial charge in [-0.1, -0.05) is 17.7 Å². The van der Waals surface area contributed by atoms with Gasteiger partial charge in [-0.15, -0.1) is 0 Å². The summed E-state index contributed by atoms with van der Waals surface area (Å²) in [6.45, 7) is 5.56. The van der Waals surface area contributed by atoms with Crippen molar-refractivity contribution in [2.45, 2.75) is 25.5 Å². The van der Waals surface area contributed by atoms with Crippen molar-refractivity contribution in [3.8, 4) is 0 Å². The fourth-order valence-corrected chi connectivity index (χ4v) is 3.18. The standard InChI is InChI=1S/C15H19ClN2O2/c1-11-9-14(15(19)20-11)18-7-5-17(6-8-18)13-4-2-3-12(16)10-13/h2-4,10-11,14H,5-9H2,1H3/t11-,14+/m1/s1. The van der Waals surface area contributed by atoms with Gasteiger partial charge in [0, 0.05) is 43.3 Å². The first kappa shape index (κ1) is 13.7. The molecule has 0 bridgehead atoms. The Morgan fingerprint density at radius 3 is 2.60 bits per heavy atom. The Morgan fingerprint density at radius 1 is 1.25 bits per heavy atom. The first-order valence-electron chi connectivity index (χ1n) is 7.08. The minimum absolute atomic E-state index is 0.0495. The lowest BCUT2D eigenvalue weighted by Gasteiger charge is -2.37. The predicted molar refractivity (Wildman–Crippen MR) is 79.2 cm³/mol. The number of carbonyl (C=O) groups excluding carboxylic acids is 1. The molecule has 0 unspecified atom stereocenters. The van der Waals surface area contributed by atoms with Crippen LogP contribution in [0, 0.1) is 0 Å². The van der Waals surface area contributed by atoms with E-state index in [1.54, 1.807) is 0 Å². The molecular formula is C15H19ClN2O2. The third-order valence-electron chi connectivity index (χ3n) is 4.07. The normalized spacial score (nSPS) is 27.7. The summed E-state index contributed by atoms with van der Waals surface area (Å²) >= 11 is 6.03. The van der Waals surface area contributed by atoms with Crippen LogP contribution in [0.3, 0.4) is 0 Å². The van der Waals surface area contributed by atoms with Gasteiger partial charge < -0.3 is 9.64 Å². The van der Waals surface area contributed by atoms with Crippen LogP contribution < -0.4 is 4.90 Å². The lowest BCUT2D eigenvalue weighted by molar-refractivity contribution is -0.144. The Morgan fingerprint density at radius 2 is 2.00 bits per heavy atom. The van der Waals surface area contributed by atoms with Gasteiger partial charge in [-0.25, -0.2) is 0 Å². The van der Waals surface area contributed by atoms with E-state index in [9.17, 15) is 4.79 Å². The van der Waals surface area contributed by atoms with Crippen molar-refractivity contribution in [2.24, 2.45) is 0 Å². The molecule has 108 valence electrons. The van der Waals surface area contributed by atoms with E-state index in [4.69, 9.17) is 16.3 Å². The van der Waals surface area contributed by atoms with Crippen LogP contribution in [0.15, 0.2) is 24.3 Å². The van der Waals surface area contributed by atoms with Crippen molar-refractivity contribution in [3.05, 3.63) is 29.3 Å². The summed E-state index contributed by atoms with van der Waals surface area (Å²) in [5, 5.41) is 0.762. The molecule has 0 aliphatic carbocycles. The van der Waals surface area contributed by atoms with Crippen LogP contribution in [-0.4, -0.2) is 49.2 Å². The zero-order chi connectivity index (χ0) is 14.1. The molecule has 20 heavy (non-hydrogen) atoms. The quantitative estimate of drug-likeness (QED) is 0.783. The van der Waals surface area contributed by atoms with Gasteiger partial charge in [0.05, 0.1) is 0 Å². The highest BCUT2D eigenvalue weighted by Gasteiger charge is 2.37. The number of nitrogens with zero attached hydrogens (tertiary/aromatic N) is 2. The van der Waals surface area contributed by atoms with Crippen LogP contribution >= 0.6 is 11.6 Å². The van der Waals surface area contributed by atoms with E-state index in [2.05, 4.69) is 15.9 Å². The lowest BCUT2D eigenvalue weighted by atomic mass is 10.1. The second kappa shape index (κ2) is 5.62. The SMILES string of the molecule is C[C@@H]1C[C@H](N2CCN(c3cccc(Cl)c3)CC2)C(=O)O1. The maximum absolute atomic E-state index is 11.8. The maximum Gasteiger partial charge on any atom is 0.323 e. The molecule has 1 aromatic carbocycles. The maximum atomic E-state index is 11.8. The molecule has 2 aliphatic rings. The summed E-state index contributed by atoms with van der Waals surface area (Å²) in [4.78, 5) is 16.3. The van der Waals surface area contributed by atoms with Gasteiger partial charge in [-0.2, -0.15) is 0 Å². The van der Waals surface area contributed by atoms with Crippen molar-refractivity contribution in [3.63, 3.8) is 0 Å². The van der Waals surface area contributed by atoms with Gasteiger partial charge in [-0.3, -0.25) is 9.69 Å². The number of ether oxygens (including phenoxy) is 1. The monoisotopic (exact) mass is 294 g/mol. The zero-order valence-corrected chi connectivity index (χ0v) is 12.3. The molecule has 2 heterocycles. The summed E-state index contributed by atoms with van der Waals surface area (Å²) in [7, 11) is 0. The Hall–Kier alpha value is -1.26. The summed E-state index contributed by atoms with van der Waals surface area (Å²) < 4.78 is 5.24. The number of piperazine rings is 1. The second-order valence-electron chi connectivity index (χ2n) is 5.50. The number of rotatable bonds is 2. The van der Waals surface area contributed by atoms with Crippen LogP contribution in [0.2, 0.25) is 5.02 Å². The number of esters is 1. The molecular weight excluding hydrogens is 276 g/mol. The Balaban J connectivity index is 1.61. The molecule has 0 aromatic heterocycles. The second-order valence-corrected chi connectivity index (χ2v) is 5.94. The van der Waals surface area contributed by atoms with Crippen molar-refractivity contribution in [2.75, 3.05) is 31.1 Å². The molecule has 0 amide bonds. The van der Waals surface area contributed by atoms with E-state index in [1.165, 1.54) is 0 Å². The molecule has 2 atom stereocenters. The summed E-state index contributed by atoms with van der Waals surface area (Å²) in [5.74, 6) is -0.0614. The Bertz CT molecular complexity index is 500. The summed E-state index contributed by atoms with van der Waals surface area (Å²) in [5.41, 5.74) is 1.15. The third kappa shape index (κ3) is 2.76. The van der Waals surface area contributed by atoms with Crippen LogP contribution in [0.5, 0.6) is 0 Å². The molecule has 5 heteroatoms. The van der Waals surface area contributed by atoms with Gasteiger partial charge >= 0.3 is 5.97 Å². The minimum atomic E-state index is -0.0614. The van der Waals surface area contributed by atoms with Crippen molar-refractivity contribution >= 4 is 23.3 Å². The van der Waals surface area contributed by atoms with Crippen LogP contribution in [-0.2, 0) is 9.53 Å². The molecule has 0 spiro atoms. The topological polar surface area (TPSA) is 32.8 Å². The number of cyclic esters (lactones) is 1. The number of carbonyl (C=O) groups is 1. The first-order valence-corrected chi connectivity index (χ1v) is 7.46. The van der Waals surface area contributed by atoms with E-state index >= 15 is 0 Å². The molecule has 1 aromatic rings. The Labute approximate surface area is 124 Å². The third-order valence-corrected chi connectivity index (χ3v) is 4.31. The number of halogens is 1. The van der Waals surface area contributed by atoms with Gasteiger partial charge in [-0.05, 0) is 25.1 Å². The molecule has 2 fully saturated rings. The summed E-state index contributed by atoms with van der Waals surface area (Å²) in [6, 6.07) is 7.87. The Kier molecular flexibility index (Phi) is 3.85. The van der Waals surface area contributed by atoms with Crippen LogP contribution in [0.1, 0.15) is 13.3 Å². The van der Waals surface area contributed by atoms with E-state index in [1.807, 2.05) is 25.1 Å². The van der Waals surface area contributed by atoms with Crippen LogP contribution in [0.25, 0.3) is 0 Å². The molecule has 2 saturated heterocycles. The number of hydrogen-bond acceptors (Lipinski definition) is 4. The largest absolute Gasteiger partial charge is 0.461 e. The van der Waals surface area contributed by atoms with Gasteiger partial charge in [0.1, 0.15) is 12.1 Å². The lowest BCUT2D eigenvalue weighted by Crippen LogP contribution is -2.51. The van der Waals surface area contributed by atoms with Crippen molar-refractivity contribution in [1.29, 1.82) is 0 Å². The fourth-order valence-electron chi connectivity index (χ4n) is 3.00. The zero-order valence-electron chi connectivity index (χ0n) is 11.6. The first-order chi connectivity index (χ1) is 9.63. The number of anilines is 1. The molecule has 0 radical (unpaired) electrons. The minimum Gasteiger partial charge on any atom is -0.461 e. The molecule has 4 nitrogen and oxygen atoms in total. The van der Waals surface area contributed by atoms with Crippen LogP contribution in [0.4, 0.5) is 5.69 Å². The highest BCUT2D eigenvalue weighted by Crippen LogP contribution is 2.24. The fraction of sp³-hybridized carbons (Fsp3) is 0.533. The van der Waals surface area contributed by atoms with E-state index < -0.39 is 0 Å². The predicted octanol–water partition coefficient (Wildman–Crippen LogP) is 2.17. The van der Waals surface area contributed by atoms with Crippen molar-refractivity contribution < 1.29 is 9.53 Å². The molecule has 0 N–H and O–H groups in total. The van der Waals surface area contributed by atoms with Gasteiger partial charge in [0.25, 0.3) is 0 Å². The highest BCUT2D eigenvalue weighted by atomic mass is 35.5. The number of hydrogen-bond donors (Lipinski definition) is 0. The number of benzene rings is 1. The highest BCUT2D eigenvalue weighted by molar-refractivity contribution is 6.30. The molecule has 2 aliphatic heterocycles.